The Kier molecular flexibility index (Phi) is 10.7. The topological polar surface area (TPSA) is 16.3 Å². The second-order valence-electron chi connectivity index (χ2n) is 25.1. The fourth-order valence-electron chi connectivity index (χ4n) is 16.5. The number of para-hydroxylation sites is 2. The van der Waals surface area contributed by atoms with Gasteiger partial charge in [-0.25, -0.2) is 0 Å². The zero-order valence-electron chi connectivity index (χ0n) is 49.8. The van der Waals surface area contributed by atoms with Crippen molar-refractivity contribution in [1.82, 2.24) is 9.13 Å². The fourth-order valence-corrected chi connectivity index (χ4v) is 16.5. The van der Waals surface area contributed by atoms with Gasteiger partial charge < -0.3 is 18.9 Å². The number of benzene rings is 16. The Morgan fingerprint density at radius 3 is 0.934 bits per heavy atom. The van der Waals surface area contributed by atoms with E-state index < -0.39 is 0 Å². The van der Waals surface area contributed by atoms with Crippen molar-refractivity contribution in [3.8, 4) is 55.9 Å². The fraction of sp³-hybridized carbons (Fsp3) is 0.0345. The Morgan fingerprint density at radius 2 is 0.538 bits per heavy atom. The number of anilines is 2. The molecule has 4 heterocycles. The van der Waals surface area contributed by atoms with Crippen LogP contribution in [0.4, 0.5) is 11.4 Å². The molecule has 16 aromatic carbocycles. The summed E-state index contributed by atoms with van der Waals surface area (Å²) in [5, 5.41) is 20.1. The van der Waals surface area contributed by atoms with Gasteiger partial charge in [-0.15, -0.1) is 0 Å². The minimum absolute atomic E-state index is 0.826. The molecule has 0 radical (unpaired) electrons. The van der Waals surface area contributed by atoms with E-state index in [1.807, 2.05) is 0 Å². The molecule has 0 aliphatic carbocycles. The maximum atomic E-state index is 2.57. The molecule has 4 nitrogen and oxygen atoms in total. The average molecular weight is 1160 g/mol. The van der Waals surface area contributed by atoms with Crippen LogP contribution in [0.2, 0.25) is 0 Å². The van der Waals surface area contributed by atoms with Crippen LogP contribution in [-0.2, 0) is 13.1 Å². The molecule has 0 unspecified atom stereocenters. The highest BCUT2D eigenvalue weighted by Gasteiger charge is 2.31. The van der Waals surface area contributed by atoms with Crippen LogP contribution in [0, 0.1) is 0 Å². The summed E-state index contributed by atoms with van der Waals surface area (Å²) in [6.45, 7) is 2.51. The van der Waals surface area contributed by atoms with Crippen LogP contribution in [0.3, 0.4) is 0 Å². The lowest BCUT2D eigenvalue weighted by molar-refractivity contribution is 0.650. The molecule has 4 heteroatoms. The maximum Gasteiger partial charge on any atom is 0.0910 e. The van der Waals surface area contributed by atoms with E-state index in [4.69, 9.17) is 0 Å². The maximum absolute atomic E-state index is 2.57. The van der Waals surface area contributed by atoms with E-state index in [1.165, 1.54) is 187 Å². The number of aromatic nitrogens is 2. The van der Waals surface area contributed by atoms with Crippen molar-refractivity contribution in [3.63, 3.8) is 0 Å². The molecule has 2 aliphatic rings. The molecule has 2 aromatic heterocycles. The molecule has 0 spiro atoms. The minimum Gasteiger partial charge on any atom is -0.349 e. The molecule has 424 valence electrons. The van der Waals surface area contributed by atoms with Crippen LogP contribution in [0.5, 0.6) is 0 Å². The summed E-state index contributed by atoms with van der Waals surface area (Å²) in [5.41, 5.74) is 22.6. The molecule has 0 saturated carbocycles. The third kappa shape index (κ3) is 7.39. The van der Waals surface area contributed by atoms with E-state index >= 15 is 0 Å². The zero-order valence-corrected chi connectivity index (χ0v) is 49.8. The Labute approximate surface area is 525 Å². The first kappa shape index (κ1) is 50.3. The molecule has 91 heavy (non-hydrogen) atoms. The number of hydrogen-bond donors (Lipinski definition) is 0. The molecule has 0 atom stereocenters. The Hall–Kier alpha value is -11.7. The van der Waals surface area contributed by atoms with Gasteiger partial charge in [0.05, 0.1) is 28.7 Å². The molecule has 0 amide bonds. The lowest BCUT2D eigenvalue weighted by atomic mass is 9.84. The van der Waals surface area contributed by atoms with Crippen molar-refractivity contribution >= 4 is 120 Å². The van der Waals surface area contributed by atoms with Crippen LogP contribution in [-0.4, -0.2) is 15.8 Å². The first-order valence-electron chi connectivity index (χ1n) is 31.8. The molecular formula is C87H56N4. The summed E-state index contributed by atoms with van der Waals surface area (Å²) < 4.78 is 4.98. The van der Waals surface area contributed by atoms with Crippen LogP contribution in [0.1, 0.15) is 11.1 Å². The molecule has 0 N–H and O–H groups in total. The van der Waals surface area contributed by atoms with Gasteiger partial charge in [0.1, 0.15) is 0 Å². The highest BCUT2D eigenvalue weighted by atomic mass is 15.4. The van der Waals surface area contributed by atoms with Gasteiger partial charge in [0.15, 0.2) is 0 Å². The summed E-state index contributed by atoms with van der Waals surface area (Å²) >= 11 is 0. The SMILES string of the molecule is c1ccc2c(-c3c4ccccc4c(-c4ccc5c(c4)c4ccccc4n5-c4ccc5c(c4)CN4CN5Cc5cc(-n6c7ccccc7c7cc(-c8c9ccccc9c(-c9cccc%10ccccc9%10)c9ccccc89)ccc76)ccc54)c4ccccc34)cccc2c1. The number of fused-ring (bicyclic) bond motifs is 18. The average Bonchev–Trinajstić information content (AvgIpc) is 1.76. The van der Waals surface area contributed by atoms with Gasteiger partial charge in [0.2, 0.25) is 0 Å². The highest BCUT2D eigenvalue weighted by molar-refractivity contribution is 6.26. The highest BCUT2D eigenvalue weighted by Crippen LogP contribution is 2.50. The van der Waals surface area contributed by atoms with Gasteiger partial charge in [0, 0.05) is 57.4 Å². The van der Waals surface area contributed by atoms with Gasteiger partial charge in [-0.2, -0.15) is 0 Å². The second kappa shape index (κ2) is 19.4. The number of rotatable bonds is 6. The molecule has 2 bridgehead atoms. The Balaban J connectivity index is 0.661. The third-order valence-corrected chi connectivity index (χ3v) is 20.3. The minimum atomic E-state index is 0.826. The summed E-state index contributed by atoms with van der Waals surface area (Å²) in [6, 6.07) is 114. The van der Waals surface area contributed by atoms with E-state index in [0.717, 1.165) is 19.8 Å². The van der Waals surface area contributed by atoms with Crippen LogP contribution in [0.25, 0.3) is 164 Å². The molecule has 0 saturated heterocycles. The van der Waals surface area contributed by atoms with Gasteiger partial charge in [0.25, 0.3) is 0 Å². The summed E-state index contributed by atoms with van der Waals surface area (Å²) in [6.07, 6.45) is 0. The van der Waals surface area contributed by atoms with Crippen molar-refractivity contribution in [1.29, 1.82) is 0 Å². The molecule has 2 aliphatic heterocycles. The summed E-state index contributed by atoms with van der Waals surface area (Å²) in [5.74, 6) is 0. The zero-order chi connectivity index (χ0) is 59.4. The number of nitrogens with zero attached hydrogens (tertiary/aromatic N) is 4. The molecule has 18 aromatic rings. The molecule has 0 fully saturated rings. The summed E-state index contributed by atoms with van der Waals surface area (Å²) in [4.78, 5) is 5.15. The van der Waals surface area contributed by atoms with Gasteiger partial charge >= 0.3 is 0 Å². The predicted molar refractivity (Wildman–Crippen MR) is 386 cm³/mol. The lowest BCUT2D eigenvalue weighted by Crippen LogP contribution is -2.46. The van der Waals surface area contributed by atoms with Gasteiger partial charge in [-0.1, -0.05) is 231 Å². The van der Waals surface area contributed by atoms with E-state index in [1.54, 1.807) is 0 Å². The largest absolute Gasteiger partial charge is 0.349 e. The number of hydrogen-bond acceptors (Lipinski definition) is 2. The Bertz CT molecular complexity index is 5660. The molecular weight excluding hydrogens is 1100 g/mol. The van der Waals surface area contributed by atoms with Crippen molar-refractivity contribution in [2.75, 3.05) is 16.5 Å². The van der Waals surface area contributed by atoms with E-state index in [2.05, 4.69) is 322 Å². The smallest absolute Gasteiger partial charge is 0.0910 e. The van der Waals surface area contributed by atoms with Crippen molar-refractivity contribution in [3.05, 3.63) is 314 Å². The molecule has 20 rings (SSSR count). The normalized spacial score (nSPS) is 13.1. The standard InChI is InChI=1S/C87H56N4/c1-3-23-62-54(19-1)21-17-35-66(62)86-72-31-9-5-27-68(72)84(69-28-6-10-32-73(69)86)56-39-43-82-76(49-56)64-25-13-15-37-80(64)90(82)60-41-45-78-58(47-60)51-88-53-89(78)52-59-48-61(42-46-79(59)88)91-81-38-16-14-26-65(81)77-50-57(40-44-83(77)91)85-70-29-7-11-33-74(70)87(75-34-12-8-30-71(75)85)67-36-18-22-55-20-2-4-24-63(55)67/h1-50H,51-53H2. The van der Waals surface area contributed by atoms with Crippen LogP contribution < -0.4 is 9.80 Å². The first-order chi connectivity index (χ1) is 45.1. The van der Waals surface area contributed by atoms with Crippen molar-refractivity contribution in [2.45, 2.75) is 13.1 Å². The second-order valence-corrected chi connectivity index (χ2v) is 25.1. The van der Waals surface area contributed by atoms with Crippen LogP contribution >= 0.6 is 0 Å². The summed E-state index contributed by atoms with van der Waals surface area (Å²) in [7, 11) is 0. The quantitative estimate of drug-likeness (QED) is 0.154. The third-order valence-electron chi connectivity index (χ3n) is 20.3. The van der Waals surface area contributed by atoms with E-state index in [-0.39, 0.29) is 0 Å². The van der Waals surface area contributed by atoms with Crippen LogP contribution in [0.15, 0.2) is 303 Å². The monoisotopic (exact) mass is 1160 g/mol. The van der Waals surface area contributed by atoms with E-state index in [0.29, 0.717) is 0 Å². The Morgan fingerprint density at radius 1 is 0.220 bits per heavy atom. The lowest BCUT2D eigenvalue weighted by Gasteiger charge is -2.45. The van der Waals surface area contributed by atoms with E-state index in [9.17, 15) is 0 Å². The van der Waals surface area contributed by atoms with Gasteiger partial charge in [-0.3, -0.25) is 0 Å². The van der Waals surface area contributed by atoms with Gasteiger partial charge in [-0.05, 0) is 193 Å². The van der Waals surface area contributed by atoms with Crippen molar-refractivity contribution in [2.24, 2.45) is 0 Å². The van der Waals surface area contributed by atoms with Crippen molar-refractivity contribution < 1.29 is 0 Å². The predicted octanol–water partition coefficient (Wildman–Crippen LogP) is 22.8. The first-order valence-corrected chi connectivity index (χ1v) is 31.8.